The number of anilines is 2. The first kappa shape index (κ1) is 15.9. The van der Waals surface area contributed by atoms with Gasteiger partial charge in [0.2, 0.25) is 0 Å². The fraction of sp³-hybridized carbons (Fsp3) is 0.625. The number of rotatable bonds is 5. The van der Waals surface area contributed by atoms with Crippen molar-refractivity contribution in [2.24, 2.45) is 11.1 Å². The van der Waals surface area contributed by atoms with Crippen LogP contribution in [-0.4, -0.2) is 30.6 Å². The van der Waals surface area contributed by atoms with Crippen molar-refractivity contribution in [3.63, 3.8) is 0 Å². The normalized spacial score (nSPS) is 20.8. The van der Waals surface area contributed by atoms with Gasteiger partial charge in [0, 0.05) is 17.5 Å². The molecule has 122 valence electrons. The summed E-state index contributed by atoms with van der Waals surface area (Å²) in [5.41, 5.74) is 6.77. The number of benzene rings is 1. The maximum absolute atomic E-state index is 14.1. The van der Waals surface area contributed by atoms with Gasteiger partial charge in [-0.3, -0.25) is 5.14 Å². The van der Waals surface area contributed by atoms with Crippen molar-refractivity contribution in [1.82, 2.24) is 4.90 Å². The fourth-order valence-electron chi connectivity index (χ4n) is 3.38. The molecular formula is C16H25FN4S. The summed E-state index contributed by atoms with van der Waals surface area (Å²) < 4.78 is 14.1. The highest BCUT2D eigenvalue weighted by molar-refractivity contribution is 7.97. The smallest absolute Gasteiger partial charge is 0.149 e. The van der Waals surface area contributed by atoms with Gasteiger partial charge in [-0.05, 0) is 68.8 Å². The zero-order valence-electron chi connectivity index (χ0n) is 12.9. The second kappa shape index (κ2) is 7.06. The summed E-state index contributed by atoms with van der Waals surface area (Å²) in [6.45, 7) is 3.14. The first-order chi connectivity index (χ1) is 10.7. The third-order valence-corrected chi connectivity index (χ3v) is 5.55. The first-order valence-corrected chi connectivity index (χ1v) is 8.99. The van der Waals surface area contributed by atoms with Crippen molar-refractivity contribution < 1.29 is 4.39 Å². The number of nitrogens with one attached hydrogen (secondary N) is 1. The van der Waals surface area contributed by atoms with Crippen LogP contribution in [0.15, 0.2) is 17.0 Å². The SMILES string of the molecule is NSc1cc(N)c(NCC2CCN(C3CCC3)CC2)c(F)c1. The van der Waals surface area contributed by atoms with E-state index in [4.69, 9.17) is 10.9 Å². The van der Waals surface area contributed by atoms with Crippen LogP contribution in [0.4, 0.5) is 15.8 Å². The second-order valence-electron chi connectivity index (χ2n) is 6.43. The largest absolute Gasteiger partial charge is 0.397 e. The number of nitrogens with zero attached hydrogens (tertiary/aromatic N) is 1. The lowest BCUT2D eigenvalue weighted by Gasteiger charge is -2.41. The number of likely N-dealkylation sites (tertiary alicyclic amines) is 1. The van der Waals surface area contributed by atoms with E-state index < -0.39 is 0 Å². The van der Waals surface area contributed by atoms with E-state index in [1.54, 1.807) is 6.07 Å². The van der Waals surface area contributed by atoms with E-state index in [-0.39, 0.29) is 5.82 Å². The molecule has 1 saturated carbocycles. The quantitative estimate of drug-likeness (QED) is 0.574. The lowest BCUT2D eigenvalue weighted by molar-refractivity contribution is 0.0871. The summed E-state index contributed by atoms with van der Waals surface area (Å²) in [5, 5.41) is 8.66. The third kappa shape index (κ3) is 3.50. The van der Waals surface area contributed by atoms with E-state index in [1.165, 1.54) is 51.3 Å². The van der Waals surface area contributed by atoms with E-state index >= 15 is 0 Å². The molecule has 1 saturated heterocycles. The molecule has 0 bridgehead atoms. The molecule has 0 radical (unpaired) electrons. The zero-order valence-corrected chi connectivity index (χ0v) is 13.7. The van der Waals surface area contributed by atoms with Crippen LogP contribution in [0.25, 0.3) is 0 Å². The molecule has 0 unspecified atom stereocenters. The molecule has 0 spiro atoms. The Kier molecular flexibility index (Phi) is 5.10. The number of nitrogen functional groups attached to an aromatic ring is 1. The van der Waals surface area contributed by atoms with Crippen LogP contribution in [0.2, 0.25) is 0 Å². The van der Waals surface area contributed by atoms with Crippen molar-refractivity contribution >= 4 is 23.3 Å². The van der Waals surface area contributed by atoms with Gasteiger partial charge in [-0.15, -0.1) is 0 Å². The Morgan fingerprint density at radius 1 is 1.23 bits per heavy atom. The molecule has 1 aromatic rings. The monoisotopic (exact) mass is 324 g/mol. The minimum absolute atomic E-state index is 0.320. The van der Waals surface area contributed by atoms with Crippen LogP contribution in [0.1, 0.15) is 32.1 Å². The van der Waals surface area contributed by atoms with E-state index in [0.29, 0.717) is 22.2 Å². The van der Waals surface area contributed by atoms with E-state index in [1.807, 2.05) is 0 Å². The van der Waals surface area contributed by atoms with Crippen molar-refractivity contribution in [2.75, 3.05) is 30.7 Å². The van der Waals surface area contributed by atoms with Crippen molar-refractivity contribution in [1.29, 1.82) is 0 Å². The van der Waals surface area contributed by atoms with E-state index in [9.17, 15) is 4.39 Å². The maximum Gasteiger partial charge on any atom is 0.149 e. The second-order valence-corrected chi connectivity index (χ2v) is 7.14. The molecule has 1 aliphatic carbocycles. The van der Waals surface area contributed by atoms with Gasteiger partial charge in [-0.2, -0.15) is 0 Å². The molecule has 3 rings (SSSR count). The molecule has 6 heteroatoms. The van der Waals surface area contributed by atoms with Crippen LogP contribution in [0.3, 0.4) is 0 Å². The van der Waals surface area contributed by atoms with Crippen molar-refractivity contribution in [2.45, 2.75) is 43.0 Å². The number of hydrogen-bond donors (Lipinski definition) is 3. The fourth-order valence-corrected chi connectivity index (χ4v) is 3.74. The molecule has 2 aliphatic rings. The van der Waals surface area contributed by atoms with Crippen LogP contribution < -0.4 is 16.2 Å². The predicted molar refractivity (Wildman–Crippen MR) is 91.3 cm³/mol. The Balaban J connectivity index is 1.51. The minimum atomic E-state index is -0.320. The maximum atomic E-state index is 14.1. The Bertz CT molecular complexity index is 490. The summed E-state index contributed by atoms with van der Waals surface area (Å²) in [4.78, 5) is 3.27. The summed E-state index contributed by atoms with van der Waals surface area (Å²) in [5.74, 6) is 0.276. The first-order valence-electron chi connectivity index (χ1n) is 8.11. The summed E-state index contributed by atoms with van der Waals surface area (Å²) in [7, 11) is 0. The van der Waals surface area contributed by atoms with E-state index in [0.717, 1.165) is 24.5 Å². The average Bonchev–Trinajstić information content (AvgIpc) is 2.46. The average molecular weight is 324 g/mol. The van der Waals surface area contributed by atoms with Gasteiger partial charge < -0.3 is 16.0 Å². The Morgan fingerprint density at radius 2 is 1.95 bits per heavy atom. The summed E-state index contributed by atoms with van der Waals surface area (Å²) in [6.07, 6.45) is 6.50. The van der Waals surface area contributed by atoms with Crippen LogP contribution >= 0.6 is 11.9 Å². The molecule has 2 fully saturated rings. The number of hydrogen-bond acceptors (Lipinski definition) is 5. The molecular weight excluding hydrogens is 299 g/mol. The van der Waals surface area contributed by atoms with Gasteiger partial charge in [0.1, 0.15) is 5.82 Å². The van der Waals surface area contributed by atoms with Gasteiger partial charge in [0.15, 0.2) is 0 Å². The molecule has 4 nitrogen and oxygen atoms in total. The highest BCUT2D eigenvalue weighted by Gasteiger charge is 2.28. The van der Waals surface area contributed by atoms with Gasteiger partial charge in [-0.1, -0.05) is 6.42 Å². The lowest BCUT2D eigenvalue weighted by atomic mass is 9.88. The summed E-state index contributed by atoms with van der Waals surface area (Å²) >= 11 is 1.01. The highest BCUT2D eigenvalue weighted by Crippen LogP contribution is 2.31. The molecule has 1 aromatic carbocycles. The van der Waals surface area contributed by atoms with Crippen LogP contribution in [0.5, 0.6) is 0 Å². The minimum Gasteiger partial charge on any atom is -0.397 e. The van der Waals surface area contributed by atoms with Crippen molar-refractivity contribution in [3.05, 3.63) is 17.9 Å². The molecule has 1 aliphatic heterocycles. The van der Waals surface area contributed by atoms with Crippen LogP contribution in [-0.2, 0) is 0 Å². The molecule has 1 heterocycles. The molecule has 0 aromatic heterocycles. The van der Waals surface area contributed by atoms with Crippen LogP contribution in [0, 0.1) is 11.7 Å². The molecule has 22 heavy (non-hydrogen) atoms. The molecule has 5 N–H and O–H groups in total. The molecule has 0 atom stereocenters. The highest BCUT2D eigenvalue weighted by atomic mass is 32.2. The third-order valence-electron chi connectivity index (χ3n) is 5.04. The van der Waals surface area contributed by atoms with E-state index in [2.05, 4.69) is 10.2 Å². The van der Waals surface area contributed by atoms with Gasteiger partial charge in [-0.25, -0.2) is 4.39 Å². The molecule has 0 amide bonds. The lowest BCUT2D eigenvalue weighted by Crippen LogP contribution is -2.45. The Hall–Kier alpha value is -0.980. The predicted octanol–water partition coefficient (Wildman–Crippen LogP) is 3.05. The topological polar surface area (TPSA) is 67.3 Å². The van der Waals surface area contributed by atoms with Gasteiger partial charge >= 0.3 is 0 Å². The Morgan fingerprint density at radius 3 is 2.50 bits per heavy atom. The Labute approximate surface area is 135 Å². The summed E-state index contributed by atoms with van der Waals surface area (Å²) in [6, 6.07) is 3.99. The standard InChI is InChI=1S/C16H25FN4S/c17-14-8-13(22-19)9-15(18)16(14)20-10-11-4-6-21(7-5-11)12-2-1-3-12/h8-9,11-12,20H,1-7,10,18-19H2. The number of piperidine rings is 1. The van der Waals surface area contributed by atoms with Crippen molar-refractivity contribution in [3.8, 4) is 0 Å². The number of halogens is 1. The number of nitrogens with two attached hydrogens (primary N) is 2. The zero-order chi connectivity index (χ0) is 15.5. The van der Waals surface area contributed by atoms with Gasteiger partial charge in [0.05, 0.1) is 11.4 Å². The van der Waals surface area contributed by atoms with Gasteiger partial charge in [0.25, 0.3) is 0 Å².